The average Bonchev–Trinajstić information content (AvgIpc) is 2.75. The molecule has 1 N–H and O–H groups in total. The number of aromatic nitrogens is 1. The minimum absolute atomic E-state index is 0.101. The van der Waals surface area contributed by atoms with Crippen molar-refractivity contribution in [2.24, 2.45) is 0 Å². The minimum Gasteiger partial charge on any atom is -0.476 e. The van der Waals surface area contributed by atoms with Crippen molar-refractivity contribution >= 4 is 44.8 Å². The largest absolute Gasteiger partial charge is 0.476 e. The molecule has 0 bridgehead atoms. The van der Waals surface area contributed by atoms with Crippen LogP contribution in [0.15, 0.2) is 59.2 Å². The molecule has 2 aromatic carbocycles. The topological polar surface area (TPSA) is 94.4 Å². The van der Waals surface area contributed by atoms with Crippen LogP contribution in [0.25, 0.3) is 0 Å². The molecule has 3 aromatic rings. The van der Waals surface area contributed by atoms with Crippen molar-refractivity contribution in [3.8, 4) is 5.88 Å². The summed E-state index contributed by atoms with van der Waals surface area (Å²) in [4.78, 5) is 26.4. The zero-order valence-corrected chi connectivity index (χ0v) is 18.9. The first-order valence-electron chi connectivity index (χ1n) is 9.24. The van der Waals surface area contributed by atoms with Crippen molar-refractivity contribution in [2.75, 3.05) is 11.9 Å². The Hall–Kier alpha value is -3.18. The second-order valence-corrected chi connectivity index (χ2v) is 7.94. The molecule has 0 atom stereocenters. The third-order valence-corrected chi connectivity index (χ3v) is 5.34. The van der Waals surface area contributed by atoms with Gasteiger partial charge in [0.1, 0.15) is 5.02 Å². The van der Waals surface area contributed by atoms with Gasteiger partial charge in [0.05, 0.1) is 22.7 Å². The van der Waals surface area contributed by atoms with E-state index in [4.69, 9.17) is 16.3 Å². The van der Waals surface area contributed by atoms with E-state index in [1.54, 1.807) is 24.3 Å². The zero-order chi connectivity index (χ0) is 24.2. The van der Waals surface area contributed by atoms with Crippen LogP contribution in [0, 0.1) is 10.1 Å². The molecule has 0 aliphatic heterocycles. The van der Waals surface area contributed by atoms with Gasteiger partial charge < -0.3 is 10.1 Å². The van der Waals surface area contributed by atoms with Gasteiger partial charge >= 0.3 is 6.18 Å². The number of nitro groups is 1. The number of pyridine rings is 1. The Morgan fingerprint density at radius 3 is 2.48 bits per heavy atom. The molecule has 0 fully saturated rings. The third kappa shape index (κ3) is 6.42. The first-order valence-corrected chi connectivity index (χ1v) is 10.4. The first-order chi connectivity index (χ1) is 15.5. The molecule has 172 valence electrons. The van der Waals surface area contributed by atoms with Crippen molar-refractivity contribution < 1.29 is 27.6 Å². The standard InChI is InChI=1S/C21H14BrClF3N3O4/c22-17-6-5-15(29(31)32)10-16(17)19(30)28-14-3-1-12(2-4-14)7-8-33-20-18(23)9-13(11-27-20)21(24,25)26/h1-6,9-11H,7-8H2,(H,28,30). The highest BCUT2D eigenvalue weighted by Gasteiger charge is 2.31. The molecule has 33 heavy (non-hydrogen) atoms. The van der Waals surface area contributed by atoms with Crippen LogP contribution in [0.5, 0.6) is 5.88 Å². The molecule has 0 aliphatic carbocycles. The van der Waals surface area contributed by atoms with Crippen LogP contribution in [0.1, 0.15) is 21.5 Å². The van der Waals surface area contributed by atoms with Crippen LogP contribution >= 0.6 is 27.5 Å². The van der Waals surface area contributed by atoms with Gasteiger partial charge in [0.2, 0.25) is 5.88 Å². The second-order valence-electron chi connectivity index (χ2n) is 6.68. The van der Waals surface area contributed by atoms with Crippen LogP contribution in [0.3, 0.4) is 0 Å². The summed E-state index contributed by atoms with van der Waals surface area (Å²) in [5, 5.41) is 13.3. The summed E-state index contributed by atoms with van der Waals surface area (Å²) in [6.45, 7) is 0.115. The number of nitro benzene ring substituents is 1. The Morgan fingerprint density at radius 1 is 1.18 bits per heavy atom. The predicted octanol–water partition coefficient (Wildman–Crippen LogP) is 6.30. The lowest BCUT2D eigenvalue weighted by Crippen LogP contribution is -2.13. The molecule has 0 saturated heterocycles. The van der Waals surface area contributed by atoms with Gasteiger partial charge in [-0.15, -0.1) is 0 Å². The van der Waals surface area contributed by atoms with Gasteiger partial charge in [0.25, 0.3) is 11.6 Å². The number of rotatable bonds is 7. The molecule has 1 heterocycles. The quantitative estimate of drug-likeness (QED) is 0.278. The minimum atomic E-state index is -4.54. The molecule has 0 aliphatic rings. The van der Waals surface area contributed by atoms with Crippen LogP contribution in [0.2, 0.25) is 5.02 Å². The maximum atomic E-state index is 12.7. The van der Waals surface area contributed by atoms with Crippen molar-refractivity contribution in [3.63, 3.8) is 0 Å². The van der Waals surface area contributed by atoms with E-state index in [9.17, 15) is 28.1 Å². The molecule has 0 radical (unpaired) electrons. The van der Waals surface area contributed by atoms with E-state index in [1.807, 2.05) is 0 Å². The van der Waals surface area contributed by atoms with Crippen molar-refractivity contribution in [2.45, 2.75) is 12.6 Å². The number of carbonyl (C=O) groups excluding carboxylic acids is 1. The summed E-state index contributed by atoms with van der Waals surface area (Å²) in [7, 11) is 0. The summed E-state index contributed by atoms with van der Waals surface area (Å²) < 4.78 is 43.7. The van der Waals surface area contributed by atoms with E-state index in [1.165, 1.54) is 18.2 Å². The molecule has 7 nitrogen and oxygen atoms in total. The molecule has 12 heteroatoms. The van der Waals surface area contributed by atoms with Gasteiger partial charge in [0, 0.05) is 34.9 Å². The fourth-order valence-electron chi connectivity index (χ4n) is 2.71. The van der Waals surface area contributed by atoms with Gasteiger partial charge in [0.15, 0.2) is 0 Å². The van der Waals surface area contributed by atoms with Crippen LogP contribution < -0.4 is 10.1 Å². The Bertz CT molecular complexity index is 1190. The second kappa shape index (κ2) is 10.2. The number of nitrogens with one attached hydrogen (secondary N) is 1. The Morgan fingerprint density at radius 2 is 1.88 bits per heavy atom. The summed E-state index contributed by atoms with van der Waals surface area (Å²) in [5.41, 5.74) is 0.238. The lowest BCUT2D eigenvalue weighted by atomic mass is 10.1. The summed E-state index contributed by atoms with van der Waals surface area (Å²) in [6.07, 6.45) is -3.49. The Balaban J connectivity index is 1.57. The molecule has 3 rings (SSSR count). The monoisotopic (exact) mass is 543 g/mol. The maximum absolute atomic E-state index is 12.7. The van der Waals surface area contributed by atoms with Crippen molar-refractivity contribution in [1.82, 2.24) is 4.98 Å². The molecule has 1 amide bonds. The number of non-ortho nitro benzene ring substituents is 1. The van der Waals surface area contributed by atoms with E-state index in [-0.39, 0.29) is 28.8 Å². The van der Waals surface area contributed by atoms with Crippen molar-refractivity contribution in [3.05, 3.63) is 91.0 Å². The predicted molar refractivity (Wildman–Crippen MR) is 119 cm³/mol. The number of hydrogen-bond donors (Lipinski definition) is 1. The number of hydrogen-bond acceptors (Lipinski definition) is 5. The molecule has 0 saturated carbocycles. The Labute approximate surface area is 198 Å². The fraction of sp³-hybridized carbons (Fsp3) is 0.143. The summed E-state index contributed by atoms with van der Waals surface area (Å²) in [6, 6.07) is 11.4. The maximum Gasteiger partial charge on any atom is 0.417 e. The van der Waals surface area contributed by atoms with Crippen LogP contribution in [-0.2, 0) is 12.6 Å². The molecular formula is C21H14BrClF3N3O4. The van der Waals surface area contributed by atoms with Gasteiger partial charge in [-0.05, 0) is 45.8 Å². The van der Waals surface area contributed by atoms with Crippen molar-refractivity contribution in [1.29, 1.82) is 0 Å². The molecule has 0 unspecified atom stereocenters. The number of amides is 1. The van der Waals surface area contributed by atoms with Crippen LogP contribution in [0.4, 0.5) is 24.5 Å². The van der Waals surface area contributed by atoms with E-state index in [0.29, 0.717) is 22.8 Å². The summed E-state index contributed by atoms with van der Waals surface area (Å²) >= 11 is 9.01. The number of anilines is 1. The Kier molecular flexibility index (Phi) is 7.54. The normalized spacial score (nSPS) is 11.2. The number of nitrogens with zero attached hydrogens (tertiary/aromatic N) is 2. The number of carbonyl (C=O) groups is 1. The lowest BCUT2D eigenvalue weighted by Gasteiger charge is -2.11. The highest BCUT2D eigenvalue weighted by Crippen LogP contribution is 2.33. The number of ether oxygens (including phenoxy) is 1. The van der Waals surface area contributed by atoms with E-state index in [2.05, 4.69) is 26.2 Å². The average molecular weight is 545 g/mol. The first kappa shape index (κ1) is 24.5. The molecule has 1 aromatic heterocycles. The highest BCUT2D eigenvalue weighted by molar-refractivity contribution is 9.10. The fourth-order valence-corrected chi connectivity index (χ4v) is 3.35. The number of alkyl halides is 3. The van der Waals surface area contributed by atoms with E-state index < -0.39 is 22.6 Å². The SMILES string of the molecule is O=C(Nc1ccc(CCOc2ncc(C(F)(F)F)cc2Cl)cc1)c1cc([N+](=O)[O-])ccc1Br. The highest BCUT2D eigenvalue weighted by atomic mass is 79.9. The number of halogens is 5. The van der Waals surface area contributed by atoms with Gasteiger partial charge in [-0.25, -0.2) is 4.98 Å². The van der Waals surface area contributed by atoms with E-state index in [0.717, 1.165) is 11.6 Å². The van der Waals surface area contributed by atoms with Crippen LogP contribution in [-0.4, -0.2) is 22.4 Å². The smallest absolute Gasteiger partial charge is 0.417 e. The van der Waals surface area contributed by atoms with Gasteiger partial charge in [-0.3, -0.25) is 14.9 Å². The molecule has 0 spiro atoms. The zero-order valence-electron chi connectivity index (χ0n) is 16.5. The van der Waals surface area contributed by atoms with Gasteiger partial charge in [-0.1, -0.05) is 23.7 Å². The summed E-state index contributed by atoms with van der Waals surface area (Å²) in [5.74, 6) is -0.624. The van der Waals surface area contributed by atoms with E-state index >= 15 is 0 Å². The van der Waals surface area contributed by atoms with Gasteiger partial charge in [-0.2, -0.15) is 13.2 Å². The number of benzene rings is 2. The molecular weight excluding hydrogens is 531 g/mol. The lowest BCUT2D eigenvalue weighted by molar-refractivity contribution is -0.384. The third-order valence-electron chi connectivity index (χ3n) is 4.38.